The molecule has 0 bridgehead atoms. The highest BCUT2D eigenvalue weighted by Gasteiger charge is 2.96. The molecule has 0 radical (unpaired) electrons. The van der Waals surface area contributed by atoms with Crippen molar-refractivity contribution in [3.8, 4) is 0 Å². The molecule has 0 atom stereocenters. The number of alkyl halides is 17. The molecule has 0 aliphatic carbocycles. The Balaban J connectivity index is 6.86. The quantitative estimate of drug-likeness (QED) is 0.227. The fourth-order valence-electron chi connectivity index (χ4n) is 2.12. The molecule has 0 fully saturated rings. The van der Waals surface area contributed by atoms with Gasteiger partial charge in [-0.05, 0) is 12.5 Å². The second-order valence-electron chi connectivity index (χ2n) is 8.19. The summed E-state index contributed by atoms with van der Waals surface area (Å²) in [5.74, 6) is -55.3. The number of rotatable bonds is 12. The van der Waals surface area contributed by atoms with Gasteiger partial charge < -0.3 is 0 Å². The summed E-state index contributed by atoms with van der Waals surface area (Å²) < 4.78 is 253. The lowest BCUT2D eigenvalue weighted by Gasteiger charge is -2.42. The molecule has 38 heavy (non-hydrogen) atoms. The van der Waals surface area contributed by atoms with Gasteiger partial charge in [-0.1, -0.05) is 13.8 Å². The first kappa shape index (κ1) is 36.7. The third-order valence-corrected chi connectivity index (χ3v) is 8.47. The van der Waals surface area contributed by atoms with Gasteiger partial charge in [0.05, 0.1) is 5.75 Å². The minimum Gasteiger partial charge on any atom is -0.298 e. The molecular weight excluding hydrogens is 631 g/mol. The summed E-state index contributed by atoms with van der Waals surface area (Å²) in [7, 11) is -11.6. The maximum absolute atomic E-state index is 14.0. The van der Waals surface area contributed by atoms with E-state index < -0.39 is 84.8 Å². The van der Waals surface area contributed by atoms with Crippen molar-refractivity contribution >= 4 is 26.2 Å². The van der Waals surface area contributed by atoms with Crippen LogP contribution in [0.5, 0.6) is 0 Å². The van der Waals surface area contributed by atoms with Crippen LogP contribution in [0.4, 0.5) is 74.6 Å². The zero-order valence-electron chi connectivity index (χ0n) is 18.7. The van der Waals surface area contributed by atoms with Crippen LogP contribution in [0.1, 0.15) is 13.8 Å². The summed E-state index contributed by atoms with van der Waals surface area (Å²) >= 11 is 0. The van der Waals surface area contributed by atoms with Gasteiger partial charge in [-0.2, -0.15) is 83.1 Å². The SMILES string of the molecule is CC(C)C(=O)CS(C)(C)OS(=O)(=O)C(F)(F)C(F)(F)C(F)(F)C(F)(F)C(F)(F)C(F)(F)C(F)(F)C(F)(F)F. The number of halogens is 17. The minimum absolute atomic E-state index is 0.458. The Morgan fingerprint density at radius 1 is 0.605 bits per heavy atom. The lowest BCUT2D eigenvalue weighted by atomic mass is 9.91. The molecular formula is C15H15F17O4S2. The van der Waals surface area contributed by atoms with Gasteiger partial charge in [-0.15, -0.1) is 10.3 Å². The van der Waals surface area contributed by atoms with Crippen LogP contribution in [-0.4, -0.2) is 79.4 Å². The van der Waals surface area contributed by atoms with Crippen LogP contribution in [0.2, 0.25) is 0 Å². The molecule has 230 valence electrons. The van der Waals surface area contributed by atoms with E-state index in [1.165, 1.54) is 0 Å². The minimum atomic E-state index is -8.92. The molecule has 23 heteroatoms. The van der Waals surface area contributed by atoms with Gasteiger partial charge in [0.1, 0.15) is 5.78 Å². The van der Waals surface area contributed by atoms with Crippen molar-refractivity contribution in [2.24, 2.45) is 5.92 Å². The van der Waals surface area contributed by atoms with E-state index >= 15 is 0 Å². The molecule has 0 rings (SSSR count). The summed E-state index contributed by atoms with van der Waals surface area (Å²) in [5, 5.41) is -7.77. The second kappa shape index (κ2) is 9.68. The maximum Gasteiger partial charge on any atom is 0.460 e. The van der Waals surface area contributed by atoms with Crippen molar-refractivity contribution in [1.82, 2.24) is 0 Å². The van der Waals surface area contributed by atoms with Crippen LogP contribution in [-0.2, 0) is 18.5 Å². The summed E-state index contributed by atoms with van der Waals surface area (Å²) in [5.41, 5.74) is 0. The zero-order chi connectivity index (χ0) is 31.6. The van der Waals surface area contributed by atoms with Crippen molar-refractivity contribution in [2.75, 3.05) is 18.3 Å². The van der Waals surface area contributed by atoms with Gasteiger partial charge in [-0.25, -0.2) is 3.63 Å². The van der Waals surface area contributed by atoms with E-state index in [2.05, 4.69) is 3.63 Å². The molecule has 0 N–H and O–H groups in total. The standard InChI is InChI=1S/C15H15F17O4S2/c1-6(2)7(33)5-37(3,4)36-38(34,35)15(31,32)13(26,27)11(22,23)9(18,19)8(16,17)10(20,21)12(24,25)14(28,29)30/h6H,5H2,1-4H3. The van der Waals surface area contributed by atoms with Gasteiger partial charge in [0.15, 0.2) is 0 Å². The Kier molecular flexibility index (Phi) is 9.36. The van der Waals surface area contributed by atoms with E-state index in [9.17, 15) is 87.8 Å². The fourth-order valence-corrected chi connectivity index (χ4v) is 6.06. The molecule has 0 amide bonds. The molecule has 4 nitrogen and oxygen atoms in total. The number of carbonyl (C=O) groups is 1. The smallest absolute Gasteiger partial charge is 0.298 e. The van der Waals surface area contributed by atoms with E-state index in [0.29, 0.717) is 12.5 Å². The van der Waals surface area contributed by atoms with Crippen LogP contribution in [0.25, 0.3) is 0 Å². The monoisotopic (exact) mass is 646 g/mol. The Morgan fingerprint density at radius 3 is 1.18 bits per heavy atom. The Labute approximate surface area is 203 Å². The van der Waals surface area contributed by atoms with Crippen LogP contribution < -0.4 is 0 Å². The predicted octanol–water partition coefficient (Wildman–Crippen LogP) is 6.50. The molecule has 0 aliphatic heterocycles. The number of ketones is 1. The average molecular weight is 646 g/mol. The summed E-state index contributed by atoms with van der Waals surface area (Å²) in [6.07, 6.45) is -6.99. The van der Waals surface area contributed by atoms with Crippen molar-refractivity contribution in [3.05, 3.63) is 0 Å². The summed E-state index contributed by atoms with van der Waals surface area (Å²) in [4.78, 5) is 11.6. The van der Waals surface area contributed by atoms with Gasteiger partial charge >= 0.3 is 57.1 Å². The van der Waals surface area contributed by atoms with Crippen molar-refractivity contribution in [1.29, 1.82) is 0 Å². The fraction of sp³-hybridized carbons (Fsp3) is 0.933. The Hall–Kier alpha value is -1.26. The first-order valence-electron chi connectivity index (χ1n) is 8.94. The molecule has 0 saturated carbocycles. The van der Waals surface area contributed by atoms with Gasteiger partial charge in [-0.3, -0.25) is 4.79 Å². The number of hydrogen-bond acceptors (Lipinski definition) is 4. The van der Waals surface area contributed by atoms with Gasteiger partial charge in [0.2, 0.25) is 0 Å². The summed E-state index contributed by atoms with van der Waals surface area (Å²) in [6.45, 7) is 2.27. The zero-order valence-corrected chi connectivity index (χ0v) is 20.3. The molecule has 0 aromatic heterocycles. The van der Waals surface area contributed by atoms with E-state index in [1.807, 2.05) is 0 Å². The van der Waals surface area contributed by atoms with Crippen molar-refractivity contribution < 1.29 is 91.5 Å². The summed E-state index contributed by atoms with van der Waals surface area (Å²) in [6, 6.07) is 0. The molecule has 0 heterocycles. The van der Waals surface area contributed by atoms with Gasteiger partial charge in [0, 0.05) is 5.92 Å². The lowest BCUT2D eigenvalue weighted by Crippen LogP contribution is -2.75. The highest BCUT2D eigenvalue weighted by molar-refractivity contribution is 8.32. The number of hydrogen-bond donors (Lipinski definition) is 0. The lowest BCUT2D eigenvalue weighted by molar-refractivity contribution is -0.458. The topological polar surface area (TPSA) is 60.4 Å². The highest BCUT2D eigenvalue weighted by atomic mass is 32.3. The Morgan fingerprint density at radius 2 is 0.895 bits per heavy atom. The van der Waals surface area contributed by atoms with Crippen molar-refractivity contribution in [2.45, 2.75) is 60.8 Å². The highest BCUT2D eigenvalue weighted by Crippen LogP contribution is 2.65. The third kappa shape index (κ3) is 5.38. The van der Waals surface area contributed by atoms with E-state index in [4.69, 9.17) is 0 Å². The van der Waals surface area contributed by atoms with E-state index in [-0.39, 0.29) is 0 Å². The molecule has 0 aliphatic rings. The molecule has 0 aromatic carbocycles. The van der Waals surface area contributed by atoms with Crippen LogP contribution in [0.15, 0.2) is 0 Å². The average Bonchev–Trinajstić information content (AvgIpc) is 2.64. The Bertz CT molecular complexity index is 999. The normalized spacial score (nSPS) is 16.7. The largest absolute Gasteiger partial charge is 0.460 e. The van der Waals surface area contributed by atoms with Crippen LogP contribution in [0.3, 0.4) is 0 Å². The first-order chi connectivity index (χ1) is 16.0. The molecule has 0 saturated heterocycles. The number of Topliss-reactive ketones (excluding diaryl/α,β-unsaturated/α-hetero) is 1. The van der Waals surface area contributed by atoms with E-state index in [1.54, 1.807) is 0 Å². The van der Waals surface area contributed by atoms with E-state index in [0.717, 1.165) is 13.8 Å². The third-order valence-electron chi connectivity index (χ3n) is 4.41. The predicted molar refractivity (Wildman–Crippen MR) is 94.8 cm³/mol. The first-order valence-corrected chi connectivity index (χ1v) is 12.9. The molecule has 0 aromatic rings. The second-order valence-corrected chi connectivity index (χ2v) is 13.3. The van der Waals surface area contributed by atoms with Crippen molar-refractivity contribution in [3.63, 3.8) is 0 Å². The molecule has 0 spiro atoms. The maximum atomic E-state index is 14.0. The molecule has 0 unspecified atom stereocenters. The van der Waals surface area contributed by atoms with Crippen LogP contribution in [0, 0.1) is 5.92 Å². The number of carbonyl (C=O) groups excluding carboxylic acids is 1. The van der Waals surface area contributed by atoms with Gasteiger partial charge in [0.25, 0.3) is 0 Å². The van der Waals surface area contributed by atoms with Crippen LogP contribution >= 0.6 is 10.3 Å².